The lowest BCUT2D eigenvalue weighted by Gasteiger charge is -2.20. The Kier molecular flexibility index (Phi) is 10.5. The Morgan fingerprint density at radius 1 is 0.846 bits per heavy atom. The lowest BCUT2D eigenvalue weighted by atomic mass is 10.1. The number of carbonyl (C=O) groups is 2. The zero-order valence-electron chi connectivity index (χ0n) is 22.8. The van der Waals surface area contributed by atoms with Crippen LogP contribution < -0.4 is 20.7 Å². The molecule has 0 aliphatic rings. The average molecular weight is 550 g/mol. The summed E-state index contributed by atoms with van der Waals surface area (Å²) in [5.74, 6) is 5.79. The van der Waals surface area contributed by atoms with E-state index in [0.717, 1.165) is 12.1 Å². The Labute approximate surface area is 226 Å². The molecule has 0 aromatic heterocycles. The van der Waals surface area contributed by atoms with Gasteiger partial charge >= 0.3 is 18.4 Å². The summed E-state index contributed by atoms with van der Waals surface area (Å²) >= 11 is 0. The Morgan fingerprint density at radius 3 is 2.08 bits per heavy atom. The van der Waals surface area contributed by atoms with Gasteiger partial charge < -0.3 is 30.2 Å². The number of amides is 2. The number of para-hydroxylation sites is 1. The van der Waals surface area contributed by atoms with Crippen molar-refractivity contribution in [3.63, 3.8) is 0 Å². The van der Waals surface area contributed by atoms with E-state index in [0.29, 0.717) is 5.56 Å². The summed E-state index contributed by atoms with van der Waals surface area (Å²) in [6.45, 7) is 10.6. The first-order valence-corrected chi connectivity index (χ1v) is 12.2. The quantitative estimate of drug-likeness (QED) is 0.277. The molecule has 3 N–H and O–H groups in total. The smallest absolute Gasteiger partial charge is 0.416 e. The minimum Gasteiger partial charge on any atom is -0.456 e. The molecule has 0 aliphatic heterocycles. The van der Waals surface area contributed by atoms with E-state index < -0.39 is 35.1 Å². The summed E-state index contributed by atoms with van der Waals surface area (Å²) in [6.07, 6.45) is -5.86. The van der Waals surface area contributed by atoms with Gasteiger partial charge in [0, 0.05) is 24.8 Å². The van der Waals surface area contributed by atoms with Crippen LogP contribution in [0.25, 0.3) is 0 Å². The predicted molar refractivity (Wildman–Crippen MR) is 142 cm³/mol. The molecule has 0 spiro atoms. The molecule has 212 valence electrons. The van der Waals surface area contributed by atoms with Crippen molar-refractivity contribution in [3.05, 3.63) is 53.6 Å². The number of benzene rings is 2. The fraction of sp³-hybridized carbons (Fsp3) is 0.429. The molecule has 2 aromatic carbocycles. The number of anilines is 1. The van der Waals surface area contributed by atoms with Crippen LogP contribution in [0.5, 0.6) is 11.5 Å². The van der Waals surface area contributed by atoms with Crippen LogP contribution in [-0.4, -0.2) is 43.0 Å². The van der Waals surface area contributed by atoms with Crippen molar-refractivity contribution in [3.8, 4) is 23.3 Å². The van der Waals surface area contributed by atoms with Gasteiger partial charge in [-0.05, 0) is 65.8 Å². The van der Waals surface area contributed by atoms with E-state index in [1.807, 2.05) is 0 Å². The van der Waals surface area contributed by atoms with Gasteiger partial charge in [-0.25, -0.2) is 9.59 Å². The number of hydrogen-bond acceptors (Lipinski definition) is 6. The number of alkyl halides is 3. The minimum absolute atomic E-state index is 0.00178. The van der Waals surface area contributed by atoms with Gasteiger partial charge in [0.2, 0.25) is 0 Å². The van der Waals surface area contributed by atoms with Crippen molar-refractivity contribution < 1.29 is 37.0 Å². The number of hydrogen-bond donors (Lipinski definition) is 3. The molecule has 2 aromatic rings. The number of nitrogens with one attached hydrogen (secondary N) is 3. The lowest BCUT2D eigenvalue weighted by Crippen LogP contribution is -2.35. The van der Waals surface area contributed by atoms with E-state index in [1.165, 1.54) is 6.07 Å². The highest BCUT2D eigenvalue weighted by Crippen LogP contribution is 2.36. The van der Waals surface area contributed by atoms with Crippen LogP contribution in [-0.2, 0) is 15.7 Å². The summed E-state index contributed by atoms with van der Waals surface area (Å²) in [5.41, 5.74) is -1.66. The third-order valence-corrected chi connectivity index (χ3v) is 4.41. The molecule has 0 saturated carbocycles. The van der Waals surface area contributed by atoms with Crippen molar-refractivity contribution in [1.29, 1.82) is 0 Å². The Morgan fingerprint density at radius 2 is 1.46 bits per heavy atom. The second kappa shape index (κ2) is 13.1. The first kappa shape index (κ1) is 31.1. The van der Waals surface area contributed by atoms with Crippen LogP contribution in [0, 0.1) is 11.8 Å². The molecule has 8 nitrogen and oxygen atoms in total. The van der Waals surface area contributed by atoms with Crippen LogP contribution in [0.3, 0.4) is 0 Å². The highest BCUT2D eigenvalue weighted by molar-refractivity contribution is 5.68. The van der Waals surface area contributed by atoms with E-state index >= 15 is 0 Å². The van der Waals surface area contributed by atoms with E-state index in [1.54, 1.807) is 65.8 Å². The zero-order chi connectivity index (χ0) is 29.3. The van der Waals surface area contributed by atoms with Crippen molar-refractivity contribution in [2.75, 3.05) is 25.0 Å². The SMILES string of the molecule is CC(C)(C)OC(=O)NCC#Cc1ccccc1Oc1cc(NCCNC(=O)OC(C)(C)C)cc(C(F)(F)F)c1. The van der Waals surface area contributed by atoms with Gasteiger partial charge in [0.15, 0.2) is 0 Å². The molecule has 0 atom stereocenters. The summed E-state index contributed by atoms with van der Waals surface area (Å²) in [4.78, 5) is 23.5. The van der Waals surface area contributed by atoms with Gasteiger partial charge in [0.1, 0.15) is 22.7 Å². The average Bonchev–Trinajstić information content (AvgIpc) is 2.77. The molecule has 0 aliphatic carbocycles. The van der Waals surface area contributed by atoms with Gasteiger partial charge in [0.05, 0.1) is 17.7 Å². The highest BCUT2D eigenvalue weighted by Gasteiger charge is 2.31. The standard InChI is InChI=1S/C28H34F3N3O5/c1-26(2,3)38-24(35)33-13-9-11-19-10-7-8-12-23(19)37-22-17-20(28(29,30)31)16-21(18-22)32-14-15-34-25(36)39-27(4,5)6/h7-8,10,12,16-18,32H,13-15H2,1-6H3,(H,33,35)(H,34,36). The first-order valence-electron chi connectivity index (χ1n) is 12.2. The molecule has 0 heterocycles. The maximum absolute atomic E-state index is 13.6. The molecule has 0 fully saturated rings. The van der Waals surface area contributed by atoms with Crippen molar-refractivity contribution in [1.82, 2.24) is 10.6 Å². The lowest BCUT2D eigenvalue weighted by molar-refractivity contribution is -0.137. The maximum atomic E-state index is 13.6. The van der Waals surface area contributed by atoms with Crippen LogP contribution in [0.2, 0.25) is 0 Å². The van der Waals surface area contributed by atoms with Gasteiger partial charge in [-0.2, -0.15) is 13.2 Å². The molecule has 2 amide bonds. The molecule has 11 heteroatoms. The predicted octanol–water partition coefficient (Wildman–Crippen LogP) is 6.31. The fourth-order valence-electron chi connectivity index (χ4n) is 2.97. The number of carbonyl (C=O) groups excluding carboxylic acids is 2. The van der Waals surface area contributed by atoms with Crippen LogP contribution >= 0.6 is 0 Å². The monoisotopic (exact) mass is 549 g/mol. The van der Waals surface area contributed by atoms with Crippen molar-refractivity contribution in [2.45, 2.75) is 58.9 Å². The summed E-state index contributed by atoms with van der Waals surface area (Å²) in [5, 5.41) is 7.90. The number of rotatable bonds is 7. The molecule has 0 bridgehead atoms. The normalized spacial score (nSPS) is 11.5. The van der Waals surface area contributed by atoms with Crippen LogP contribution in [0.4, 0.5) is 28.4 Å². The zero-order valence-corrected chi connectivity index (χ0v) is 22.8. The Hall–Kier alpha value is -4.07. The third kappa shape index (κ3) is 12.3. The van der Waals surface area contributed by atoms with Crippen LogP contribution in [0.1, 0.15) is 52.7 Å². The first-order chi connectivity index (χ1) is 18.0. The molecular formula is C28H34F3N3O5. The third-order valence-electron chi connectivity index (χ3n) is 4.41. The van der Waals surface area contributed by atoms with E-state index in [-0.39, 0.29) is 36.8 Å². The second-order valence-electron chi connectivity index (χ2n) is 10.4. The molecule has 39 heavy (non-hydrogen) atoms. The van der Waals surface area contributed by atoms with Crippen LogP contribution in [0.15, 0.2) is 42.5 Å². The second-order valence-corrected chi connectivity index (χ2v) is 10.4. The topological polar surface area (TPSA) is 97.9 Å². The summed E-state index contributed by atoms with van der Waals surface area (Å²) < 4.78 is 56.8. The molecular weight excluding hydrogens is 515 g/mol. The number of halogens is 3. The van der Waals surface area contributed by atoms with E-state index in [9.17, 15) is 22.8 Å². The van der Waals surface area contributed by atoms with Gasteiger partial charge in [-0.3, -0.25) is 0 Å². The Bertz CT molecular complexity index is 1210. The molecule has 2 rings (SSSR count). The van der Waals surface area contributed by atoms with Gasteiger partial charge in [0.25, 0.3) is 0 Å². The summed E-state index contributed by atoms with van der Waals surface area (Å²) in [7, 11) is 0. The van der Waals surface area contributed by atoms with E-state index in [4.69, 9.17) is 14.2 Å². The van der Waals surface area contributed by atoms with Crippen molar-refractivity contribution in [2.24, 2.45) is 0 Å². The van der Waals surface area contributed by atoms with Crippen molar-refractivity contribution >= 4 is 17.9 Å². The summed E-state index contributed by atoms with van der Waals surface area (Å²) in [6, 6.07) is 9.83. The van der Waals surface area contributed by atoms with Gasteiger partial charge in [-0.15, -0.1) is 0 Å². The fourth-order valence-corrected chi connectivity index (χ4v) is 2.97. The highest BCUT2D eigenvalue weighted by atomic mass is 19.4. The largest absolute Gasteiger partial charge is 0.456 e. The Balaban J connectivity index is 2.12. The molecule has 0 saturated heterocycles. The molecule has 0 radical (unpaired) electrons. The van der Waals surface area contributed by atoms with Gasteiger partial charge in [-0.1, -0.05) is 24.0 Å². The van der Waals surface area contributed by atoms with E-state index in [2.05, 4.69) is 27.8 Å². The molecule has 0 unspecified atom stereocenters. The minimum atomic E-state index is -4.61. The number of alkyl carbamates (subject to hydrolysis) is 2. The number of ether oxygens (including phenoxy) is 3. The maximum Gasteiger partial charge on any atom is 0.416 e.